The van der Waals surface area contributed by atoms with Crippen LogP contribution in [0.3, 0.4) is 0 Å². The molecular weight excluding hydrogens is 150 g/mol. The number of hydrogen-bond acceptors (Lipinski definition) is 3. The molecule has 0 radical (unpaired) electrons. The lowest BCUT2D eigenvalue weighted by Gasteiger charge is -2.02. The molecule has 0 spiro atoms. The average molecular weight is 159 g/mol. The fraction of sp³-hybridized carbons (Fsp3) is 0.333. The highest BCUT2D eigenvalue weighted by atomic mass is 15.0. The third-order valence-electron chi connectivity index (χ3n) is 2.25. The highest BCUT2D eigenvalue weighted by molar-refractivity contribution is 5.56. The quantitative estimate of drug-likeness (QED) is 0.619. The summed E-state index contributed by atoms with van der Waals surface area (Å²) in [6.07, 6.45) is 2.62. The molecule has 3 nitrogen and oxygen atoms in total. The van der Waals surface area contributed by atoms with Crippen molar-refractivity contribution in [1.29, 1.82) is 5.26 Å². The molecule has 0 atom stereocenters. The minimum atomic E-state index is 0.692. The number of aromatic nitrogens is 1. The van der Waals surface area contributed by atoms with Crippen LogP contribution in [-0.2, 0) is 6.42 Å². The summed E-state index contributed by atoms with van der Waals surface area (Å²) in [5.74, 6) is 0.950. The number of nitriles is 1. The molecule has 0 aliphatic carbocycles. The van der Waals surface area contributed by atoms with Gasteiger partial charge in [-0.1, -0.05) is 0 Å². The molecule has 0 aromatic carbocycles. The van der Waals surface area contributed by atoms with Crippen LogP contribution in [0, 0.1) is 18.3 Å². The van der Waals surface area contributed by atoms with E-state index in [0.717, 1.165) is 24.3 Å². The molecule has 3 heteroatoms. The van der Waals surface area contributed by atoms with Crippen LogP contribution in [0.5, 0.6) is 0 Å². The van der Waals surface area contributed by atoms with E-state index in [2.05, 4.69) is 16.4 Å². The van der Waals surface area contributed by atoms with Crippen LogP contribution >= 0.6 is 0 Å². The minimum absolute atomic E-state index is 0.692. The highest BCUT2D eigenvalue weighted by Gasteiger charge is 2.15. The Balaban J connectivity index is 2.63. The van der Waals surface area contributed by atoms with E-state index < -0.39 is 0 Å². The van der Waals surface area contributed by atoms with Gasteiger partial charge in [-0.3, -0.25) is 0 Å². The number of pyridine rings is 1. The van der Waals surface area contributed by atoms with Crippen molar-refractivity contribution in [3.05, 3.63) is 22.9 Å². The van der Waals surface area contributed by atoms with E-state index >= 15 is 0 Å². The molecule has 0 fully saturated rings. The zero-order valence-corrected chi connectivity index (χ0v) is 6.89. The van der Waals surface area contributed by atoms with E-state index in [1.165, 1.54) is 5.56 Å². The fourth-order valence-corrected chi connectivity index (χ4v) is 1.52. The van der Waals surface area contributed by atoms with Crippen molar-refractivity contribution in [3.63, 3.8) is 0 Å². The predicted molar refractivity (Wildman–Crippen MR) is 45.9 cm³/mol. The molecule has 0 bridgehead atoms. The summed E-state index contributed by atoms with van der Waals surface area (Å²) in [6, 6.07) is 2.13. The number of anilines is 1. The number of nitrogens with zero attached hydrogens (tertiary/aromatic N) is 2. The van der Waals surface area contributed by atoms with Crippen LogP contribution in [-0.4, -0.2) is 11.5 Å². The Labute approximate surface area is 71.0 Å². The molecule has 12 heavy (non-hydrogen) atoms. The lowest BCUT2D eigenvalue weighted by Crippen LogP contribution is -1.94. The maximum atomic E-state index is 8.74. The van der Waals surface area contributed by atoms with E-state index in [1.54, 1.807) is 6.20 Å². The zero-order valence-electron chi connectivity index (χ0n) is 6.89. The van der Waals surface area contributed by atoms with E-state index in [9.17, 15) is 0 Å². The van der Waals surface area contributed by atoms with Gasteiger partial charge in [0.1, 0.15) is 11.9 Å². The van der Waals surface area contributed by atoms with Crippen molar-refractivity contribution < 1.29 is 0 Å². The lowest BCUT2D eigenvalue weighted by molar-refractivity contribution is 1.09. The van der Waals surface area contributed by atoms with Gasteiger partial charge in [-0.2, -0.15) is 5.26 Å². The molecule has 0 amide bonds. The Morgan fingerprint density at radius 2 is 2.50 bits per heavy atom. The highest BCUT2D eigenvalue weighted by Crippen LogP contribution is 2.24. The lowest BCUT2D eigenvalue weighted by atomic mass is 10.1. The first-order valence-corrected chi connectivity index (χ1v) is 3.95. The molecule has 1 aromatic heterocycles. The van der Waals surface area contributed by atoms with E-state index in [0.29, 0.717) is 5.56 Å². The van der Waals surface area contributed by atoms with Crippen molar-refractivity contribution in [2.24, 2.45) is 0 Å². The Kier molecular flexibility index (Phi) is 1.47. The molecule has 1 aliphatic heterocycles. The van der Waals surface area contributed by atoms with Gasteiger partial charge in [-0.15, -0.1) is 0 Å². The Bertz CT molecular complexity index is 363. The minimum Gasteiger partial charge on any atom is -0.370 e. The second-order valence-corrected chi connectivity index (χ2v) is 2.91. The molecule has 0 saturated heterocycles. The molecule has 1 aliphatic rings. The van der Waals surface area contributed by atoms with E-state index in [4.69, 9.17) is 5.26 Å². The van der Waals surface area contributed by atoms with Crippen molar-refractivity contribution in [3.8, 4) is 6.07 Å². The first-order valence-electron chi connectivity index (χ1n) is 3.95. The van der Waals surface area contributed by atoms with Crippen LogP contribution in [0.2, 0.25) is 0 Å². The smallest absolute Gasteiger partial charge is 0.129 e. The molecular formula is C9H9N3. The molecule has 60 valence electrons. The van der Waals surface area contributed by atoms with Crippen LogP contribution in [0.4, 0.5) is 5.82 Å². The zero-order chi connectivity index (χ0) is 8.55. The molecule has 1 aromatic rings. The summed E-state index contributed by atoms with van der Waals surface area (Å²) in [6.45, 7) is 2.92. The average Bonchev–Trinajstić information content (AvgIpc) is 2.53. The van der Waals surface area contributed by atoms with E-state index in [-0.39, 0.29) is 0 Å². The molecule has 2 heterocycles. The summed E-state index contributed by atoms with van der Waals surface area (Å²) < 4.78 is 0. The molecule has 2 rings (SSSR count). The number of rotatable bonds is 0. The third kappa shape index (κ3) is 0.850. The monoisotopic (exact) mass is 159 g/mol. The topological polar surface area (TPSA) is 48.7 Å². The first-order chi connectivity index (χ1) is 5.83. The summed E-state index contributed by atoms with van der Waals surface area (Å²) in [5, 5.41) is 11.9. The second-order valence-electron chi connectivity index (χ2n) is 2.91. The van der Waals surface area contributed by atoms with Crippen LogP contribution in [0.1, 0.15) is 16.7 Å². The van der Waals surface area contributed by atoms with Crippen LogP contribution in [0.15, 0.2) is 6.20 Å². The Morgan fingerprint density at radius 1 is 1.67 bits per heavy atom. The van der Waals surface area contributed by atoms with Gasteiger partial charge in [0.25, 0.3) is 0 Å². The van der Waals surface area contributed by atoms with Gasteiger partial charge < -0.3 is 5.32 Å². The summed E-state index contributed by atoms with van der Waals surface area (Å²) in [4.78, 5) is 4.16. The maximum Gasteiger partial charge on any atom is 0.129 e. The van der Waals surface area contributed by atoms with Gasteiger partial charge in [0.05, 0.1) is 5.56 Å². The largest absolute Gasteiger partial charge is 0.370 e. The van der Waals surface area contributed by atoms with Gasteiger partial charge in [0.15, 0.2) is 0 Å². The summed E-state index contributed by atoms with van der Waals surface area (Å²) >= 11 is 0. The standard InChI is InChI=1S/C9H9N3/c1-6-7(4-10)5-12-9-8(6)2-3-11-9/h5H,2-3H2,1H3,(H,11,12). The second kappa shape index (κ2) is 2.49. The van der Waals surface area contributed by atoms with Crippen LogP contribution in [0.25, 0.3) is 0 Å². The molecule has 1 N–H and O–H groups in total. The summed E-state index contributed by atoms with van der Waals surface area (Å²) in [7, 11) is 0. The van der Waals surface area contributed by atoms with Crippen molar-refractivity contribution in [2.45, 2.75) is 13.3 Å². The van der Waals surface area contributed by atoms with Gasteiger partial charge in [-0.05, 0) is 18.9 Å². The van der Waals surface area contributed by atoms with Crippen molar-refractivity contribution >= 4 is 5.82 Å². The number of hydrogen-bond donors (Lipinski definition) is 1. The molecule has 0 saturated carbocycles. The molecule has 0 unspecified atom stereocenters. The SMILES string of the molecule is Cc1c(C#N)cnc2c1CCN2. The Hall–Kier alpha value is -1.56. The predicted octanol–water partition coefficient (Wildman–Crippen LogP) is 1.23. The van der Waals surface area contributed by atoms with Crippen molar-refractivity contribution in [2.75, 3.05) is 11.9 Å². The normalized spacial score (nSPS) is 13.3. The van der Waals surface area contributed by atoms with E-state index in [1.807, 2.05) is 6.92 Å². The third-order valence-corrected chi connectivity index (χ3v) is 2.25. The van der Waals surface area contributed by atoms with Gasteiger partial charge in [-0.25, -0.2) is 4.98 Å². The first kappa shape index (κ1) is 7.11. The fourth-order valence-electron chi connectivity index (χ4n) is 1.52. The Morgan fingerprint density at radius 3 is 3.25 bits per heavy atom. The van der Waals surface area contributed by atoms with Gasteiger partial charge in [0, 0.05) is 18.3 Å². The van der Waals surface area contributed by atoms with Crippen molar-refractivity contribution in [1.82, 2.24) is 4.98 Å². The van der Waals surface area contributed by atoms with Crippen LogP contribution < -0.4 is 5.32 Å². The number of fused-ring (bicyclic) bond motifs is 1. The number of nitrogens with one attached hydrogen (secondary N) is 1. The summed E-state index contributed by atoms with van der Waals surface area (Å²) in [5.41, 5.74) is 2.97. The maximum absolute atomic E-state index is 8.74. The van der Waals surface area contributed by atoms with Gasteiger partial charge in [0.2, 0.25) is 0 Å². The van der Waals surface area contributed by atoms with Gasteiger partial charge >= 0.3 is 0 Å².